The van der Waals surface area contributed by atoms with Crippen LogP contribution in [0.2, 0.25) is 0 Å². The number of nitrogens with zero attached hydrogens (tertiary/aromatic N) is 1. The number of aryl methyl sites for hydroxylation is 1. The Morgan fingerprint density at radius 2 is 1.82 bits per heavy atom. The van der Waals surface area contributed by atoms with Gasteiger partial charge in [-0.1, -0.05) is 54.1 Å². The summed E-state index contributed by atoms with van der Waals surface area (Å²) >= 11 is 5.25. The number of benzene rings is 2. The van der Waals surface area contributed by atoms with Crippen molar-refractivity contribution in [3.8, 4) is 0 Å². The predicted octanol–water partition coefficient (Wildman–Crippen LogP) is 3.91. The lowest BCUT2D eigenvalue weighted by Crippen LogP contribution is -2.23. The van der Waals surface area contributed by atoms with Crippen molar-refractivity contribution in [1.82, 2.24) is 5.32 Å². The first-order chi connectivity index (χ1) is 10.7. The number of nitrogens with one attached hydrogen (secondary N) is 2. The monoisotopic (exact) mass is 309 g/mol. The van der Waals surface area contributed by atoms with Crippen LogP contribution in [0.25, 0.3) is 0 Å². The summed E-state index contributed by atoms with van der Waals surface area (Å²) in [7, 11) is 0. The summed E-state index contributed by atoms with van der Waals surface area (Å²) in [4.78, 5) is 4.48. The van der Waals surface area contributed by atoms with E-state index in [-0.39, 0.29) is 0 Å². The fraction of sp³-hybridized carbons (Fsp3) is 0.111. The minimum absolute atomic E-state index is 0.429. The third kappa shape index (κ3) is 4.82. The molecule has 4 heteroatoms. The quantitative estimate of drug-likeness (QED) is 0.389. The van der Waals surface area contributed by atoms with Gasteiger partial charge in [0.1, 0.15) is 5.84 Å². The molecule has 0 atom stereocenters. The smallest absolute Gasteiger partial charge is 0.194 e. The molecule has 0 bridgehead atoms. The van der Waals surface area contributed by atoms with Gasteiger partial charge in [-0.05, 0) is 31.3 Å². The molecule has 0 unspecified atom stereocenters. The maximum Gasteiger partial charge on any atom is 0.194 e. The van der Waals surface area contributed by atoms with E-state index in [1.165, 1.54) is 5.56 Å². The molecule has 0 saturated heterocycles. The molecule has 2 rings (SSSR count). The number of hydrogen-bond donors (Lipinski definition) is 2. The van der Waals surface area contributed by atoms with Gasteiger partial charge in [-0.15, -0.1) is 6.58 Å². The Morgan fingerprint density at radius 3 is 2.45 bits per heavy atom. The molecule has 0 spiro atoms. The summed E-state index contributed by atoms with van der Waals surface area (Å²) < 4.78 is 0. The van der Waals surface area contributed by atoms with Gasteiger partial charge in [-0.2, -0.15) is 0 Å². The van der Waals surface area contributed by atoms with Crippen LogP contribution in [0.4, 0.5) is 5.69 Å². The van der Waals surface area contributed by atoms with Gasteiger partial charge in [0.25, 0.3) is 0 Å². The van der Waals surface area contributed by atoms with Gasteiger partial charge in [0.05, 0.1) is 0 Å². The molecule has 3 nitrogen and oxygen atoms in total. The van der Waals surface area contributed by atoms with Gasteiger partial charge in [-0.3, -0.25) is 0 Å². The van der Waals surface area contributed by atoms with Crippen LogP contribution in [0.5, 0.6) is 0 Å². The summed E-state index contributed by atoms with van der Waals surface area (Å²) in [5, 5.41) is 6.77. The van der Waals surface area contributed by atoms with Crippen molar-refractivity contribution < 1.29 is 0 Å². The van der Waals surface area contributed by atoms with Gasteiger partial charge < -0.3 is 10.6 Å². The van der Waals surface area contributed by atoms with Crippen LogP contribution in [0.3, 0.4) is 0 Å². The number of anilines is 1. The summed E-state index contributed by atoms with van der Waals surface area (Å²) in [6, 6.07) is 18.1. The normalized spacial score (nSPS) is 10.9. The third-order valence-electron chi connectivity index (χ3n) is 2.97. The Morgan fingerprint density at radius 1 is 1.14 bits per heavy atom. The van der Waals surface area contributed by atoms with E-state index in [9.17, 15) is 0 Å². The highest BCUT2D eigenvalue weighted by Gasteiger charge is 2.05. The van der Waals surface area contributed by atoms with E-state index in [1.807, 2.05) is 42.5 Å². The Bertz CT molecular complexity index is 660. The molecule has 22 heavy (non-hydrogen) atoms. The van der Waals surface area contributed by atoms with E-state index in [4.69, 9.17) is 12.2 Å². The summed E-state index contributed by atoms with van der Waals surface area (Å²) in [5.41, 5.74) is 3.16. The first-order valence-electron chi connectivity index (χ1n) is 7.05. The van der Waals surface area contributed by atoms with Crippen molar-refractivity contribution in [1.29, 1.82) is 0 Å². The zero-order chi connectivity index (χ0) is 15.8. The van der Waals surface area contributed by atoms with Crippen LogP contribution in [-0.4, -0.2) is 17.5 Å². The number of rotatable bonds is 4. The Labute approximate surface area is 136 Å². The van der Waals surface area contributed by atoms with Gasteiger partial charge in [-0.25, -0.2) is 4.99 Å². The highest BCUT2D eigenvalue weighted by molar-refractivity contribution is 7.80. The highest BCUT2D eigenvalue weighted by Crippen LogP contribution is 2.11. The number of hydrogen-bond acceptors (Lipinski definition) is 1. The van der Waals surface area contributed by atoms with Crippen LogP contribution < -0.4 is 10.6 Å². The molecule has 0 aliphatic heterocycles. The molecule has 0 saturated carbocycles. The van der Waals surface area contributed by atoms with Crippen LogP contribution in [0.1, 0.15) is 11.1 Å². The second-order valence-electron chi connectivity index (χ2n) is 4.79. The maximum absolute atomic E-state index is 5.25. The number of amidine groups is 1. The van der Waals surface area contributed by atoms with Crippen molar-refractivity contribution >= 4 is 28.9 Å². The van der Waals surface area contributed by atoms with Crippen molar-refractivity contribution in [3.63, 3.8) is 0 Å². The topological polar surface area (TPSA) is 36.4 Å². The molecule has 2 aromatic rings. The van der Waals surface area contributed by atoms with E-state index in [1.54, 1.807) is 6.08 Å². The van der Waals surface area contributed by atoms with E-state index < -0.39 is 0 Å². The number of aliphatic imine (C=N–C) groups is 1. The molecule has 0 fully saturated rings. The van der Waals surface area contributed by atoms with Crippen LogP contribution in [0, 0.1) is 6.92 Å². The highest BCUT2D eigenvalue weighted by atomic mass is 32.1. The summed E-state index contributed by atoms with van der Waals surface area (Å²) in [6.07, 6.45) is 1.75. The lowest BCUT2D eigenvalue weighted by Gasteiger charge is -2.11. The zero-order valence-corrected chi connectivity index (χ0v) is 13.4. The molecule has 0 heterocycles. The minimum atomic E-state index is 0.429. The van der Waals surface area contributed by atoms with Crippen LogP contribution >= 0.6 is 12.2 Å². The Hall–Kier alpha value is -2.46. The van der Waals surface area contributed by atoms with Crippen molar-refractivity contribution in [2.45, 2.75) is 6.92 Å². The Kier molecular flexibility index (Phi) is 5.86. The van der Waals surface area contributed by atoms with E-state index in [0.717, 1.165) is 11.3 Å². The first kappa shape index (κ1) is 15.9. The SMILES string of the molecule is C=CCNC(=S)N=C(Nc1ccc(C)cc1)c1ccccc1. The van der Waals surface area contributed by atoms with Crippen molar-refractivity contribution in [2.75, 3.05) is 11.9 Å². The molecule has 0 aliphatic rings. The summed E-state index contributed by atoms with van der Waals surface area (Å²) in [5.74, 6) is 0.714. The van der Waals surface area contributed by atoms with E-state index in [2.05, 4.69) is 41.3 Å². The zero-order valence-electron chi connectivity index (χ0n) is 12.5. The molecule has 0 aliphatic carbocycles. The molecule has 0 radical (unpaired) electrons. The largest absolute Gasteiger partial charge is 0.357 e. The average Bonchev–Trinajstić information content (AvgIpc) is 2.55. The molecule has 112 valence electrons. The lowest BCUT2D eigenvalue weighted by molar-refractivity contribution is 1.05. The average molecular weight is 309 g/mol. The second kappa shape index (κ2) is 8.10. The maximum atomic E-state index is 5.25. The lowest BCUT2D eigenvalue weighted by atomic mass is 10.2. The van der Waals surface area contributed by atoms with Crippen molar-refractivity contribution in [2.24, 2.45) is 4.99 Å². The molecule has 0 amide bonds. The van der Waals surface area contributed by atoms with Gasteiger partial charge >= 0.3 is 0 Å². The Balaban J connectivity index is 2.25. The van der Waals surface area contributed by atoms with Gasteiger partial charge in [0, 0.05) is 17.8 Å². The molecule has 2 N–H and O–H groups in total. The molecular weight excluding hydrogens is 290 g/mol. The summed E-state index contributed by atoms with van der Waals surface area (Å²) in [6.45, 7) is 6.31. The van der Waals surface area contributed by atoms with Gasteiger partial charge in [0.2, 0.25) is 0 Å². The van der Waals surface area contributed by atoms with Crippen LogP contribution in [0.15, 0.2) is 72.2 Å². The predicted molar refractivity (Wildman–Crippen MR) is 98.6 cm³/mol. The minimum Gasteiger partial charge on any atom is -0.357 e. The fourth-order valence-electron chi connectivity index (χ4n) is 1.83. The first-order valence-corrected chi connectivity index (χ1v) is 7.46. The van der Waals surface area contributed by atoms with E-state index in [0.29, 0.717) is 17.5 Å². The third-order valence-corrected chi connectivity index (χ3v) is 3.21. The standard InChI is InChI=1S/C18H19N3S/c1-3-13-19-18(22)21-17(15-7-5-4-6-8-15)20-16-11-9-14(2)10-12-16/h3-12H,1,13H2,2H3,(H2,19,20,21,22). The second-order valence-corrected chi connectivity index (χ2v) is 5.18. The number of thiocarbonyl (C=S) groups is 1. The van der Waals surface area contributed by atoms with Crippen molar-refractivity contribution in [3.05, 3.63) is 78.4 Å². The molecule has 0 aromatic heterocycles. The molecular formula is C18H19N3S. The fourth-order valence-corrected chi connectivity index (χ4v) is 2.01. The molecule has 2 aromatic carbocycles. The van der Waals surface area contributed by atoms with E-state index >= 15 is 0 Å². The van der Waals surface area contributed by atoms with Gasteiger partial charge in [0.15, 0.2) is 5.11 Å². The van der Waals surface area contributed by atoms with Crippen LogP contribution in [-0.2, 0) is 0 Å².